The first-order valence-electron chi connectivity index (χ1n) is 7.64. The fraction of sp³-hybridized carbons (Fsp3) is 0.222. The Kier molecular flexibility index (Phi) is 6.58. The smallest absolute Gasteiger partial charge is 0.189 e. The second-order valence-electron chi connectivity index (χ2n) is 5.49. The lowest BCUT2D eigenvalue weighted by Crippen LogP contribution is -2.37. The molecule has 1 heterocycles. The van der Waals surface area contributed by atoms with Gasteiger partial charge in [-0.3, -0.25) is 0 Å². The van der Waals surface area contributed by atoms with E-state index < -0.39 is 5.82 Å². The number of aliphatic imine (C=N–C) groups is 1. The van der Waals surface area contributed by atoms with Gasteiger partial charge in [-0.1, -0.05) is 18.2 Å². The highest BCUT2D eigenvalue weighted by molar-refractivity contribution is 14.0. The van der Waals surface area contributed by atoms with Crippen LogP contribution in [0.1, 0.15) is 29.2 Å². The van der Waals surface area contributed by atoms with Crippen LogP contribution in [0.15, 0.2) is 47.5 Å². The molecule has 3 N–H and O–H groups in total. The van der Waals surface area contributed by atoms with E-state index in [-0.39, 0.29) is 42.5 Å². The molecule has 2 aromatic carbocycles. The molecular formula is C18H18FIN4O. The zero-order chi connectivity index (χ0) is 16.9. The van der Waals surface area contributed by atoms with Crippen molar-refractivity contribution < 1.29 is 9.13 Å². The molecule has 0 saturated heterocycles. The van der Waals surface area contributed by atoms with Gasteiger partial charge in [-0.25, -0.2) is 9.38 Å². The van der Waals surface area contributed by atoms with Crippen LogP contribution in [0.4, 0.5) is 4.39 Å². The molecule has 1 atom stereocenters. The van der Waals surface area contributed by atoms with E-state index in [1.54, 1.807) is 0 Å². The fourth-order valence-corrected chi connectivity index (χ4v) is 2.65. The molecule has 1 aliphatic rings. The van der Waals surface area contributed by atoms with E-state index in [1.807, 2.05) is 30.3 Å². The zero-order valence-corrected chi connectivity index (χ0v) is 15.7. The van der Waals surface area contributed by atoms with Crippen molar-refractivity contribution in [1.82, 2.24) is 5.32 Å². The van der Waals surface area contributed by atoms with Crippen LogP contribution in [0, 0.1) is 17.1 Å². The number of nitriles is 1. The fourth-order valence-electron chi connectivity index (χ4n) is 2.65. The quantitative estimate of drug-likeness (QED) is 0.426. The van der Waals surface area contributed by atoms with Gasteiger partial charge in [0, 0.05) is 17.5 Å². The first-order valence-corrected chi connectivity index (χ1v) is 7.64. The molecule has 1 unspecified atom stereocenters. The van der Waals surface area contributed by atoms with E-state index >= 15 is 0 Å². The second kappa shape index (κ2) is 8.67. The van der Waals surface area contributed by atoms with Crippen LogP contribution in [0.3, 0.4) is 0 Å². The molecule has 0 bridgehead atoms. The van der Waals surface area contributed by atoms with Gasteiger partial charge in [-0.2, -0.15) is 5.26 Å². The lowest BCUT2D eigenvalue weighted by Gasteiger charge is -2.26. The largest absolute Gasteiger partial charge is 0.493 e. The third-order valence-corrected chi connectivity index (χ3v) is 3.88. The van der Waals surface area contributed by atoms with Gasteiger partial charge in [0.1, 0.15) is 11.6 Å². The van der Waals surface area contributed by atoms with Crippen molar-refractivity contribution in [3.63, 3.8) is 0 Å². The minimum Gasteiger partial charge on any atom is -0.493 e. The molecule has 0 fully saturated rings. The first-order chi connectivity index (χ1) is 11.7. The number of fused-ring (bicyclic) bond motifs is 1. The number of hydrogen-bond donors (Lipinski definition) is 2. The molecule has 0 saturated carbocycles. The number of rotatable bonds is 3. The summed E-state index contributed by atoms with van der Waals surface area (Å²) >= 11 is 0. The predicted molar refractivity (Wildman–Crippen MR) is 104 cm³/mol. The van der Waals surface area contributed by atoms with Crippen LogP contribution in [0.5, 0.6) is 5.75 Å². The molecule has 0 aliphatic carbocycles. The molecule has 0 spiro atoms. The average Bonchev–Trinajstić information content (AvgIpc) is 2.61. The van der Waals surface area contributed by atoms with Crippen LogP contribution in [-0.2, 0) is 6.54 Å². The Balaban J connectivity index is 0.00000225. The monoisotopic (exact) mass is 452 g/mol. The molecule has 25 heavy (non-hydrogen) atoms. The summed E-state index contributed by atoms with van der Waals surface area (Å²) in [4.78, 5) is 4.19. The van der Waals surface area contributed by atoms with Crippen LogP contribution in [0.25, 0.3) is 0 Å². The minimum absolute atomic E-state index is 0. The summed E-state index contributed by atoms with van der Waals surface area (Å²) in [5.74, 6) is 0.669. The van der Waals surface area contributed by atoms with Gasteiger partial charge in [0.05, 0.1) is 30.8 Å². The number of ether oxygens (including phenoxy) is 1. The number of nitrogens with two attached hydrogens (primary N) is 1. The average molecular weight is 452 g/mol. The molecule has 130 valence electrons. The molecule has 3 rings (SSSR count). The molecule has 0 amide bonds. The van der Waals surface area contributed by atoms with Crippen molar-refractivity contribution in [1.29, 1.82) is 5.26 Å². The van der Waals surface area contributed by atoms with Crippen LogP contribution >= 0.6 is 24.0 Å². The predicted octanol–water partition coefficient (Wildman–Crippen LogP) is 3.24. The first kappa shape index (κ1) is 19.0. The van der Waals surface area contributed by atoms with E-state index in [9.17, 15) is 4.39 Å². The van der Waals surface area contributed by atoms with Crippen LogP contribution in [-0.4, -0.2) is 12.6 Å². The van der Waals surface area contributed by atoms with E-state index in [1.165, 1.54) is 18.2 Å². The summed E-state index contributed by atoms with van der Waals surface area (Å²) in [6, 6.07) is 13.9. The summed E-state index contributed by atoms with van der Waals surface area (Å²) < 4.78 is 19.4. The van der Waals surface area contributed by atoms with Gasteiger partial charge in [0.2, 0.25) is 0 Å². The Morgan fingerprint density at radius 2 is 2.16 bits per heavy atom. The SMILES string of the molecule is I.N#Cc1ccc(F)c(CN=C(N)NC2CCOc3ccccc32)c1. The Morgan fingerprint density at radius 3 is 2.96 bits per heavy atom. The maximum Gasteiger partial charge on any atom is 0.189 e. The summed E-state index contributed by atoms with van der Waals surface area (Å²) in [7, 11) is 0. The van der Waals surface area contributed by atoms with Crippen LogP contribution in [0.2, 0.25) is 0 Å². The molecule has 0 radical (unpaired) electrons. The van der Waals surface area contributed by atoms with Crippen molar-refractivity contribution in [2.24, 2.45) is 10.7 Å². The molecule has 1 aliphatic heterocycles. The minimum atomic E-state index is -0.401. The highest BCUT2D eigenvalue weighted by Gasteiger charge is 2.21. The van der Waals surface area contributed by atoms with Gasteiger partial charge in [-0.15, -0.1) is 24.0 Å². The number of para-hydroxylation sites is 1. The maximum absolute atomic E-state index is 13.8. The Hall–Kier alpha value is -2.34. The summed E-state index contributed by atoms with van der Waals surface area (Å²) in [6.07, 6.45) is 0.769. The van der Waals surface area contributed by atoms with Gasteiger partial charge < -0.3 is 15.8 Å². The van der Waals surface area contributed by atoms with Gasteiger partial charge >= 0.3 is 0 Å². The normalized spacial score (nSPS) is 16.0. The highest BCUT2D eigenvalue weighted by atomic mass is 127. The molecular weight excluding hydrogens is 434 g/mol. The van der Waals surface area contributed by atoms with E-state index in [4.69, 9.17) is 15.7 Å². The van der Waals surface area contributed by atoms with E-state index in [2.05, 4.69) is 10.3 Å². The van der Waals surface area contributed by atoms with Gasteiger partial charge in [0.25, 0.3) is 0 Å². The van der Waals surface area contributed by atoms with Crippen molar-refractivity contribution in [2.75, 3.05) is 6.61 Å². The summed E-state index contributed by atoms with van der Waals surface area (Å²) in [5.41, 5.74) is 7.70. The van der Waals surface area contributed by atoms with Gasteiger partial charge in [-0.05, 0) is 24.3 Å². The molecule has 0 aromatic heterocycles. The lowest BCUT2D eigenvalue weighted by molar-refractivity contribution is 0.262. The number of nitrogens with one attached hydrogen (secondary N) is 1. The third kappa shape index (κ3) is 4.60. The maximum atomic E-state index is 13.8. The van der Waals surface area contributed by atoms with E-state index in [0.29, 0.717) is 17.7 Å². The third-order valence-electron chi connectivity index (χ3n) is 3.88. The van der Waals surface area contributed by atoms with Crippen molar-refractivity contribution in [2.45, 2.75) is 19.0 Å². The summed E-state index contributed by atoms with van der Waals surface area (Å²) in [6.45, 7) is 0.672. The van der Waals surface area contributed by atoms with Crippen molar-refractivity contribution in [3.8, 4) is 11.8 Å². The molecule has 7 heteroatoms. The number of guanidine groups is 1. The number of nitrogens with zero attached hydrogens (tertiary/aromatic N) is 2. The van der Waals surface area contributed by atoms with Crippen LogP contribution < -0.4 is 15.8 Å². The highest BCUT2D eigenvalue weighted by Crippen LogP contribution is 2.31. The second-order valence-corrected chi connectivity index (χ2v) is 5.49. The van der Waals surface area contributed by atoms with Crippen molar-refractivity contribution >= 4 is 29.9 Å². The zero-order valence-electron chi connectivity index (χ0n) is 13.4. The lowest BCUT2D eigenvalue weighted by atomic mass is 10.0. The Morgan fingerprint density at radius 1 is 1.36 bits per heavy atom. The standard InChI is InChI=1S/C18H17FN4O.HI/c19-15-6-5-12(10-20)9-13(15)11-22-18(21)23-16-7-8-24-17-4-2-1-3-14(16)17;/h1-6,9,16H,7-8,11H2,(H3,21,22,23);1H. The number of halogens is 2. The Bertz CT molecular complexity index is 819. The number of hydrogen-bond acceptors (Lipinski definition) is 3. The van der Waals surface area contributed by atoms with Gasteiger partial charge in [0.15, 0.2) is 5.96 Å². The van der Waals surface area contributed by atoms with E-state index in [0.717, 1.165) is 17.7 Å². The van der Waals surface area contributed by atoms with Crippen molar-refractivity contribution in [3.05, 3.63) is 65.0 Å². The molecule has 2 aromatic rings. The Labute approximate surface area is 162 Å². The number of benzene rings is 2. The summed E-state index contributed by atoms with van der Waals surface area (Å²) in [5, 5.41) is 12.0. The topological polar surface area (TPSA) is 83.4 Å². The molecule has 5 nitrogen and oxygen atoms in total.